The average molecular weight is 668 g/mol. The molecule has 2 aliphatic carbocycles. The Labute approximate surface area is 297 Å². The van der Waals surface area contributed by atoms with Crippen LogP contribution in [0.25, 0.3) is 10.9 Å². The molecule has 1 aromatic heterocycles. The van der Waals surface area contributed by atoms with Crippen LogP contribution in [0.15, 0.2) is 59.7 Å². The number of rotatable bonds is 17. The number of aromatic amines is 1. The van der Waals surface area contributed by atoms with E-state index in [2.05, 4.69) is 96.4 Å². The molecule has 2 aliphatic rings. The first-order valence-electron chi connectivity index (χ1n) is 20.1. The van der Waals surface area contributed by atoms with E-state index in [1.807, 2.05) is 0 Å². The molecule has 1 unspecified atom stereocenters. The highest BCUT2D eigenvalue weighted by molar-refractivity contribution is 5.98. The number of nitrogens with zero attached hydrogens (tertiary/aromatic N) is 1. The lowest BCUT2D eigenvalue weighted by Crippen LogP contribution is -2.53. The standard InChI is InChI=1S/C43H65N5O/c1-4-7-28-43(29-8-5-2,30-9-6-3)34-24-26-37(27-25-34)45-41(49)40(31-33-32-44-39-23-17-16-22-38(33)39)48-42(46-35-18-12-10-13-19-35)47-36-20-14-11-15-21-36/h16-17,22-27,32,35-36,40,44H,4-15,18-21,28-31H2,1-3H3,(H,45,49)(H2,46,47,48). The smallest absolute Gasteiger partial charge is 0.247 e. The summed E-state index contributed by atoms with van der Waals surface area (Å²) in [5.41, 5.74) is 4.76. The number of nitrogens with one attached hydrogen (secondary N) is 4. The number of aliphatic imine (C=N–C) groups is 1. The summed E-state index contributed by atoms with van der Waals surface area (Å²) >= 11 is 0. The fourth-order valence-electron chi connectivity index (χ4n) is 8.33. The number of hydrogen-bond donors (Lipinski definition) is 4. The molecule has 0 saturated heterocycles. The van der Waals surface area contributed by atoms with Gasteiger partial charge in [0.1, 0.15) is 6.04 Å². The van der Waals surface area contributed by atoms with Crippen molar-refractivity contribution in [1.29, 1.82) is 0 Å². The van der Waals surface area contributed by atoms with Gasteiger partial charge in [-0.3, -0.25) is 4.79 Å². The van der Waals surface area contributed by atoms with Crippen molar-refractivity contribution in [3.63, 3.8) is 0 Å². The van der Waals surface area contributed by atoms with E-state index >= 15 is 0 Å². The Kier molecular flexibility index (Phi) is 14.5. The molecule has 2 fully saturated rings. The van der Waals surface area contributed by atoms with Crippen LogP contribution in [-0.2, 0) is 16.6 Å². The topological polar surface area (TPSA) is 81.3 Å². The lowest BCUT2D eigenvalue weighted by atomic mass is 9.69. The Morgan fingerprint density at radius 1 is 0.816 bits per heavy atom. The number of amides is 1. The number of hydrogen-bond acceptors (Lipinski definition) is 2. The second-order valence-electron chi connectivity index (χ2n) is 15.2. The molecule has 0 aliphatic heterocycles. The maximum Gasteiger partial charge on any atom is 0.247 e. The molecule has 6 nitrogen and oxygen atoms in total. The molecule has 1 amide bonds. The summed E-state index contributed by atoms with van der Waals surface area (Å²) in [4.78, 5) is 23.0. The van der Waals surface area contributed by atoms with Crippen LogP contribution in [0.4, 0.5) is 5.69 Å². The highest BCUT2D eigenvalue weighted by Crippen LogP contribution is 2.40. The highest BCUT2D eigenvalue weighted by Gasteiger charge is 2.31. The number of para-hydroxylation sites is 1. The predicted octanol–water partition coefficient (Wildman–Crippen LogP) is 10.7. The lowest BCUT2D eigenvalue weighted by Gasteiger charge is -2.35. The van der Waals surface area contributed by atoms with Crippen molar-refractivity contribution in [1.82, 2.24) is 15.6 Å². The summed E-state index contributed by atoms with van der Waals surface area (Å²) < 4.78 is 0. The van der Waals surface area contributed by atoms with Gasteiger partial charge in [0.25, 0.3) is 0 Å². The molecule has 2 saturated carbocycles. The third-order valence-corrected chi connectivity index (χ3v) is 11.4. The van der Waals surface area contributed by atoms with Gasteiger partial charge in [-0.15, -0.1) is 0 Å². The second kappa shape index (κ2) is 19.2. The number of guanidine groups is 1. The van der Waals surface area contributed by atoms with Gasteiger partial charge in [-0.05, 0) is 79.7 Å². The number of anilines is 1. The van der Waals surface area contributed by atoms with E-state index in [4.69, 9.17) is 4.99 Å². The van der Waals surface area contributed by atoms with Crippen LogP contribution in [0.5, 0.6) is 0 Å². The van der Waals surface area contributed by atoms with Crippen LogP contribution in [0.1, 0.15) is 154 Å². The summed E-state index contributed by atoms with van der Waals surface area (Å²) in [7, 11) is 0. The van der Waals surface area contributed by atoms with Crippen molar-refractivity contribution >= 4 is 28.5 Å². The molecular weight excluding hydrogens is 603 g/mol. The van der Waals surface area contributed by atoms with Gasteiger partial charge in [-0.25, -0.2) is 4.99 Å². The minimum absolute atomic E-state index is 0.0194. The molecule has 0 bridgehead atoms. The summed E-state index contributed by atoms with van der Waals surface area (Å²) in [6.07, 6.45) is 25.9. The zero-order valence-corrected chi connectivity index (χ0v) is 30.9. The van der Waals surface area contributed by atoms with Gasteiger partial charge < -0.3 is 20.9 Å². The summed E-state index contributed by atoms with van der Waals surface area (Å²) in [6.45, 7) is 6.92. The van der Waals surface area contributed by atoms with Crippen LogP contribution < -0.4 is 16.0 Å². The highest BCUT2D eigenvalue weighted by atomic mass is 16.2. The Hall–Kier alpha value is -3.28. The Morgan fingerprint density at radius 2 is 1.43 bits per heavy atom. The number of unbranched alkanes of at least 4 members (excludes halogenated alkanes) is 3. The number of benzene rings is 2. The lowest BCUT2D eigenvalue weighted by molar-refractivity contribution is -0.117. The van der Waals surface area contributed by atoms with Crippen molar-refractivity contribution in [2.75, 3.05) is 5.32 Å². The van der Waals surface area contributed by atoms with E-state index in [0.717, 1.165) is 48.4 Å². The molecule has 4 N–H and O–H groups in total. The number of carbonyl (C=O) groups is 1. The van der Waals surface area contributed by atoms with E-state index in [1.165, 1.54) is 107 Å². The van der Waals surface area contributed by atoms with Crippen LogP contribution in [0.2, 0.25) is 0 Å². The van der Waals surface area contributed by atoms with Gasteiger partial charge in [0, 0.05) is 35.2 Å². The van der Waals surface area contributed by atoms with Crippen LogP contribution in [-0.4, -0.2) is 35.0 Å². The molecule has 5 rings (SSSR count). The van der Waals surface area contributed by atoms with Gasteiger partial charge in [-0.2, -0.15) is 0 Å². The van der Waals surface area contributed by atoms with Gasteiger partial charge >= 0.3 is 0 Å². The zero-order chi connectivity index (χ0) is 34.3. The molecule has 0 spiro atoms. The minimum atomic E-state index is -0.477. The van der Waals surface area contributed by atoms with Crippen LogP contribution in [0.3, 0.4) is 0 Å². The third kappa shape index (κ3) is 10.6. The van der Waals surface area contributed by atoms with Crippen LogP contribution in [0, 0.1) is 0 Å². The van der Waals surface area contributed by atoms with E-state index in [9.17, 15) is 4.79 Å². The molecule has 3 aromatic rings. The van der Waals surface area contributed by atoms with Crippen molar-refractivity contribution in [3.8, 4) is 0 Å². The summed E-state index contributed by atoms with van der Waals surface area (Å²) in [5, 5.41) is 12.0. The van der Waals surface area contributed by atoms with Gasteiger partial charge in [0.15, 0.2) is 5.96 Å². The summed E-state index contributed by atoms with van der Waals surface area (Å²) in [6, 6.07) is 17.5. The Balaban J connectivity index is 1.39. The monoisotopic (exact) mass is 668 g/mol. The molecule has 0 radical (unpaired) electrons. The fraction of sp³-hybridized carbons (Fsp3) is 0.628. The number of carbonyl (C=O) groups excluding carboxylic acids is 1. The third-order valence-electron chi connectivity index (χ3n) is 11.4. The largest absolute Gasteiger partial charge is 0.361 e. The first-order valence-corrected chi connectivity index (χ1v) is 20.1. The zero-order valence-electron chi connectivity index (χ0n) is 30.9. The fourth-order valence-corrected chi connectivity index (χ4v) is 8.33. The molecule has 1 heterocycles. The van der Waals surface area contributed by atoms with Crippen LogP contribution >= 0.6 is 0 Å². The quantitative estimate of drug-likeness (QED) is 0.0854. The van der Waals surface area contributed by atoms with Gasteiger partial charge in [0.05, 0.1) is 6.04 Å². The Morgan fingerprint density at radius 3 is 2.06 bits per heavy atom. The average Bonchev–Trinajstić information content (AvgIpc) is 3.55. The Bertz CT molecular complexity index is 1410. The van der Waals surface area contributed by atoms with Crippen molar-refractivity contribution in [2.45, 2.75) is 173 Å². The normalized spacial score (nSPS) is 17.2. The maximum atomic E-state index is 14.3. The second-order valence-corrected chi connectivity index (χ2v) is 15.2. The van der Waals surface area contributed by atoms with Gasteiger partial charge in [-0.1, -0.05) is 128 Å². The SMILES string of the molecule is CCCCC(CCCC)(CCCC)c1ccc(NC(=O)C(Cc2c[nH]c3ccccc23)NC(=NC2CCCCC2)NC2CCCCC2)cc1. The van der Waals surface area contributed by atoms with Crippen molar-refractivity contribution < 1.29 is 4.79 Å². The molecule has 2 aromatic carbocycles. The molecule has 1 atom stereocenters. The predicted molar refractivity (Wildman–Crippen MR) is 209 cm³/mol. The minimum Gasteiger partial charge on any atom is -0.361 e. The molecule has 6 heteroatoms. The molecule has 268 valence electrons. The van der Waals surface area contributed by atoms with E-state index < -0.39 is 6.04 Å². The first kappa shape index (κ1) is 37.0. The van der Waals surface area contributed by atoms with Gasteiger partial charge in [0.2, 0.25) is 5.91 Å². The van der Waals surface area contributed by atoms with Crippen molar-refractivity contribution in [3.05, 3.63) is 65.9 Å². The number of H-pyrrole nitrogens is 1. The van der Waals surface area contributed by atoms with E-state index in [1.54, 1.807) is 0 Å². The van der Waals surface area contributed by atoms with Crippen molar-refractivity contribution in [2.24, 2.45) is 4.99 Å². The van der Waals surface area contributed by atoms with E-state index in [0.29, 0.717) is 18.5 Å². The molecular formula is C43H65N5O. The maximum absolute atomic E-state index is 14.3. The number of fused-ring (bicyclic) bond motifs is 1. The summed E-state index contributed by atoms with van der Waals surface area (Å²) in [5.74, 6) is 0.788. The van der Waals surface area contributed by atoms with E-state index in [-0.39, 0.29) is 11.3 Å². The first-order chi connectivity index (χ1) is 24.0. The molecule has 49 heavy (non-hydrogen) atoms. The number of aromatic nitrogens is 1.